The van der Waals surface area contributed by atoms with Crippen LogP contribution < -0.4 is 26.6 Å². The van der Waals surface area contributed by atoms with Crippen LogP contribution in [0.25, 0.3) is 0 Å². The van der Waals surface area contributed by atoms with Crippen molar-refractivity contribution in [3.8, 4) is 23.7 Å². The van der Waals surface area contributed by atoms with E-state index in [4.69, 9.17) is 34.7 Å². The third-order valence-corrected chi connectivity index (χ3v) is 9.93. The van der Waals surface area contributed by atoms with E-state index in [1.165, 1.54) is 40.2 Å². The number of aromatic nitrogens is 4. The summed E-state index contributed by atoms with van der Waals surface area (Å²) in [5.41, 5.74) is 13.2. The molecule has 0 spiro atoms. The van der Waals surface area contributed by atoms with Crippen LogP contribution >= 0.6 is 23.2 Å². The summed E-state index contributed by atoms with van der Waals surface area (Å²) in [5, 5.41) is 23.4. The van der Waals surface area contributed by atoms with Crippen molar-refractivity contribution < 1.29 is 19.8 Å². The molecule has 13 nitrogen and oxygen atoms in total. The molecule has 4 heterocycles. The minimum absolute atomic E-state index is 0.130. The number of fused-ring (bicyclic) bond motifs is 2. The minimum Gasteiger partial charge on any atom is -0.371 e. The molecule has 2 aromatic heterocycles. The van der Waals surface area contributed by atoms with E-state index in [-0.39, 0.29) is 22.7 Å². The lowest BCUT2D eigenvalue weighted by molar-refractivity contribution is -0.132. The fourth-order valence-corrected chi connectivity index (χ4v) is 6.60. The molecule has 4 aromatic rings. The van der Waals surface area contributed by atoms with Gasteiger partial charge in [0.25, 0.3) is 5.91 Å². The summed E-state index contributed by atoms with van der Waals surface area (Å²) in [5.74, 6) is 11.4. The Labute approximate surface area is 330 Å². The monoisotopic (exact) mass is 783 g/mol. The Balaban J connectivity index is 0.000000211. The number of Topliss-reactive ketones (excluding diaryl/α,β-unsaturated/α-hetero) is 1. The first kappa shape index (κ1) is 40.7. The van der Waals surface area contributed by atoms with Crippen molar-refractivity contribution in [1.29, 1.82) is 0 Å². The first-order valence-electron chi connectivity index (χ1n) is 17.2. The molecule has 0 aliphatic carbocycles. The Hall–Kier alpha value is -5.44. The molecule has 2 aromatic carbocycles. The smallest absolute Gasteiger partial charge is 0.264 e. The highest BCUT2D eigenvalue weighted by molar-refractivity contribution is 6.33. The lowest BCUT2D eigenvalue weighted by Crippen LogP contribution is -2.41. The van der Waals surface area contributed by atoms with Crippen LogP contribution in [0.15, 0.2) is 48.8 Å². The van der Waals surface area contributed by atoms with Crippen LogP contribution in [0.5, 0.6) is 0 Å². The summed E-state index contributed by atoms with van der Waals surface area (Å²) in [6, 6.07) is 11.5. The second-order valence-electron chi connectivity index (χ2n) is 15.0. The normalized spacial score (nSPS) is 16.7. The van der Waals surface area contributed by atoms with Gasteiger partial charge in [-0.25, -0.2) is 9.97 Å². The number of hydrogen-bond acceptors (Lipinski definition) is 12. The number of carbonyl (C=O) groups is 2. The average Bonchev–Trinajstić information content (AvgIpc) is 3.55. The second-order valence-corrected chi connectivity index (χ2v) is 15.8. The molecule has 0 saturated carbocycles. The summed E-state index contributed by atoms with van der Waals surface area (Å²) in [7, 11) is 1.45. The van der Waals surface area contributed by atoms with E-state index < -0.39 is 22.9 Å². The van der Waals surface area contributed by atoms with Crippen LogP contribution in [0.1, 0.15) is 70.7 Å². The van der Waals surface area contributed by atoms with Gasteiger partial charge in [0.2, 0.25) is 17.5 Å². The van der Waals surface area contributed by atoms with E-state index in [0.29, 0.717) is 45.9 Å². The number of amides is 1. The third kappa shape index (κ3) is 8.61. The quantitative estimate of drug-likeness (QED) is 0.177. The van der Waals surface area contributed by atoms with E-state index in [0.717, 1.165) is 22.5 Å². The van der Waals surface area contributed by atoms with Gasteiger partial charge in [-0.15, -0.1) is 0 Å². The maximum Gasteiger partial charge on any atom is 0.264 e. The minimum atomic E-state index is -1.78. The first-order chi connectivity index (χ1) is 25.6. The summed E-state index contributed by atoms with van der Waals surface area (Å²) >= 11 is 12.6. The molecule has 0 radical (unpaired) electrons. The summed E-state index contributed by atoms with van der Waals surface area (Å²) in [6.07, 6.45) is 2.96. The van der Waals surface area contributed by atoms with E-state index in [1.807, 2.05) is 46.2 Å². The molecular weight excluding hydrogens is 741 g/mol. The number of rotatable bonds is 4. The Morgan fingerprint density at radius 2 is 1.18 bits per heavy atom. The number of nitrogens with two attached hydrogens (primary N) is 2. The van der Waals surface area contributed by atoms with Gasteiger partial charge in [0.05, 0.1) is 12.4 Å². The fraction of sp³-hybridized carbons (Fsp3) is 0.350. The molecular formula is C40H43Cl2N9O4. The highest BCUT2D eigenvalue weighted by Gasteiger charge is 2.39. The number of hydrogen-bond donors (Lipinski definition) is 5. The van der Waals surface area contributed by atoms with E-state index in [1.54, 1.807) is 0 Å². The summed E-state index contributed by atoms with van der Waals surface area (Å²) in [4.78, 5) is 43.6. The van der Waals surface area contributed by atoms with Crippen molar-refractivity contribution in [2.24, 2.45) is 0 Å². The van der Waals surface area contributed by atoms with Gasteiger partial charge in [-0.2, -0.15) is 9.97 Å². The van der Waals surface area contributed by atoms with Crippen molar-refractivity contribution in [2.45, 2.75) is 70.5 Å². The molecule has 2 unspecified atom stereocenters. The van der Waals surface area contributed by atoms with Crippen LogP contribution in [0.2, 0.25) is 10.0 Å². The lowest BCUT2D eigenvalue weighted by Gasteiger charge is -2.22. The number of nitrogen functional groups attached to an aromatic ring is 2. The molecule has 2 aliphatic heterocycles. The Morgan fingerprint density at radius 1 is 0.782 bits per heavy atom. The highest BCUT2D eigenvalue weighted by atomic mass is 35.5. The van der Waals surface area contributed by atoms with Crippen LogP contribution in [-0.2, 0) is 20.4 Å². The van der Waals surface area contributed by atoms with Crippen LogP contribution in [-0.4, -0.2) is 73.2 Å². The number of likely N-dealkylation sites (N-methyl/N-ethyl adjacent to an activating group) is 1. The van der Waals surface area contributed by atoms with Crippen LogP contribution in [0.3, 0.4) is 0 Å². The summed E-state index contributed by atoms with van der Waals surface area (Å²) in [6.45, 7) is 13.9. The molecule has 0 fully saturated rings. The van der Waals surface area contributed by atoms with E-state index in [9.17, 15) is 19.8 Å². The molecule has 286 valence electrons. The van der Waals surface area contributed by atoms with E-state index >= 15 is 0 Å². The zero-order valence-electron chi connectivity index (χ0n) is 31.8. The number of anilines is 6. The standard InChI is InChI=1S/C20H22ClN5O2.C20H21ClN4O2/c1-19(2)11-26(16-14(21)10-24-18(22)25-16)15-9-12(5-6-13(15)19)7-8-20(3,28)17(27)23-4;1-12(26)20(4,27)8-7-13-5-6-14-16(9-13)25(11-19(14,2)3)17-15(21)10-23-18(22)24-17/h5-6,9-10,28H,11H2,1-4H3,(H,23,27)(H2,22,24,25);5-6,9-10,27H,11H2,1-4H3,(H2,22,23,24). The fourth-order valence-electron chi connectivity index (χ4n) is 6.22. The molecule has 0 bridgehead atoms. The van der Waals surface area contributed by atoms with Crippen molar-refractivity contribution >= 4 is 69.8 Å². The number of ketones is 1. The molecule has 2 aliphatic rings. The first-order valence-corrected chi connectivity index (χ1v) is 18.0. The number of nitrogens with zero attached hydrogens (tertiary/aromatic N) is 6. The van der Waals surface area contributed by atoms with E-state index in [2.05, 4.69) is 76.6 Å². The average molecular weight is 785 g/mol. The molecule has 2 atom stereocenters. The third-order valence-electron chi connectivity index (χ3n) is 9.40. The summed E-state index contributed by atoms with van der Waals surface area (Å²) < 4.78 is 0. The van der Waals surface area contributed by atoms with Gasteiger partial charge in [0.15, 0.2) is 23.0 Å². The Morgan fingerprint density at radius 3 is 1.56 bits per heavy atom. The lowest BCUT2D eigenvalue weighted by atomic mass is 9.86. The maximum atomic E-state index is 11.7. The van der Waals surface area contributed by atoms with Crippen LogP contribution in [0.4, 0.5) is 34.9 Å². The molecule has 7 N–H and O–H groups in total. The molecule has 0 saturated heterocycles. The largest absolute Gasteiger partial charge is 0.371 e. The van der Waals surface area contributed by atoms with Crippen molar-refractivity contribution in [3.05, 3.63) is 81.1 Å². The molecule has 15 heteroatoms. The predicted molar refractivity (Wildman–Crippen MR) is 216 cm³/mol. The maximum absolute atomic E-state index is 11.7. The molecule has 55 heavy (non-hydrogen) atoms. The number of benzene rings is 2. The van der Waals surface area contributed by atoms with Crippen molar-refractivity contribution in [1.82, 2.24) is 25.3 Å². The predicted octanol–water partition coefficient (Wildman–Crippen LogP) is 4.82. The Kier molecular flexibility index (Phi) is 11.1. The number of halogens is 2. The van der Waals surface area contributed by atoms with Crippen LogP contribution in [0, 0.1) is 23.7 Å². The number of nitrogens with one attached hydrogen (secondary N) is 1. The number of carbonyl (C=O) groups excluding carboxylic acids is 2. The van der Waals surface area contributed by atoms with Gasteiger partial charge >= 0.3 is 0 Å². The molecule has 1 amide bonds. The van der Waals surface area contributed by atoms with Crippen molar-refractivity contribution in [2.75, 3.05) is 41.4 Å². The van der Waals surface area contributed by atoms with Gasteiger partial charge in [-0.3, -0.25) is 9.59 Å². The number of aliphatic hydroxyl groups is 2. The zero-order chi connectivity index (χ0) is 40.7. The van der Waals surface area contributed by atoms with Gasteiger partial charge in [0, 0.05) is 53.5 Å². The van der Waals surface area contributed by atoms with Gasteiger partial charge in [-0.05, 0) is 56.2 Å². The van der Waals surface area contributed by atoms with Gasteiger partial charge in [-0.1, -0.05) is 86.7 Å². The zero-order valence-corrected chi connectivity index (χ0v) is 33.3. The highest BCUT2D eigenvalue weighted by Crippen LogP contribution is 2.47. The topological polar surface area (TPSA) is 197 Å². The van der Waals surface area contributed by atoms with Gasteiger partial charge in [0.1, 0.15) is 10.0 Å². The van der Waals surface area contributed by atoms with Gasteiger partial charge < -0.3 is 36.8 Å². The SMILES string of the molecule is CC(=O)C(C)(O)C#Cc1ccc2c(c1)N(c1nc(N)ncc1Cl)CC2(C)C.CNC(=O)C(C)(O)C#Cc1ccc2c(c1)N(c1nc(N)ncc1Cl)CC2(C)C. The Bertz CT molecular complexity index is 2320. The van der Waals surface area contributed by atoms with Crippen molar-refractivity contribution in [3.63, 3.8) is 0 Å². The second kappa shape index (κ2) is 15.0. The molecule has 6 rings (SSSR count).